The minimum absolute atomic E-state index is 0.0387. The lowest BCUT2D eigenvalue weighted by atomic mass is 9.94. The zero-order chi connectivity index (χ0) is 23.1. The Morgan fingerprint density at radius 3 is 2.07 bits per heavy atom. The monoisotopic (exact) mass is 517 g/mol. The molecule has 0 aromatic heterocycles. The van der Waals surface area contributed by atoms with E-state index in [4.69, 9.17) is 22.6 Å². The van der Waals surface area contributed by atoms with Crippen molar-refractivity contribution < 1.29 is 35.5 Å². The van der Waals surface area contributed by atoms with Gasteiger partial charge < -0.3 is 11.1 Å². The van der Waals surface area contributed by atoms with Gasteiger partial charge in [-0.1, -0.05) is 11.6 Å². The molecule has 0 aliphatic heterocycles. The molecule has 13 heteroatoms. The van der Waals surface area contributed by atoms with Crippen LogP contribution in [0.2, 0.25) is 5.02 Å². The lowest BCUT2D eigenvalue weighted by molar-refractivity contribution is -0.348. The number of rotatable bonds is 3. The van der Waals surface area contributed by atoms with Gasteiger partial charge in [-0.25, -0.2) is 4.39 Å². The Bertz CT molecular complexity index is 1010. The molecule has 4 nitrogen and oxygen atoms in total. The Balaban J connectivity index is 2.48. The number of nitrogen functional groups attached to an aromatic ring is 1. The fraction of sp³-hybridized carbons (Fsp3) is 0.176. The molecule has 0 bridgehead atoms. The number of nitrogens with zero attached hydrogens (tertiary/aromatic N) is 1. The minimum Gasteiger partial charge on any atom is -0.398 e. The van der Waals surface area contributed by atoms with Gasteiger partial charge in [-0.15, -0.1) is 0 Å². The fourth-order valence-corrected chi connectivity index (χ4v) is 3.31. The lowest BCUT2D eigenvalue weighted by Gasteiger charge is -2.30. The molecule has 1 amide bonds. The van der Waals surface area contributed by atoms with Crippen LogP contribution in [0.1, 0.15) is 21.5 Å². The van der Waals surface area contributed by atoms with Crippen molar-refractivity contribution in [2.24, 2.45) is 0 Å². The second-order valence-electron chi connectivity index (χ2n) is 5.84. The number of halogens is 9. The van der Waals surface area contributed by atoms with Gasteiger partial charge >= 0.3 is 18.0 Å². The Kier molecular flexibility index (Phi) is 6.30. The van der Waals surface area contributed by atoms with E-state index in [9.17, 15) is 35.5 Å². The highest BCUT2D eigenvalue weighted by atomic mass is 79.9. The first-order chi connectivity index (χ1) is 13.6. The molecule has 30 heavy (non-hydrogen) atoms. The second kappa shape index (κ2) is 7.96. The molecule has 0 aliphatic carbocycles. The van der Waals surface area contributed by atoms with Crippen molar-refractivity contribution in [3.63, 3.8) is 0 Å². The average molecular weight is 519 g/mol. The van der Waals surface area contributed by atoms with E-state index in [2.05, 4.69) is 21.2 Å². The van der Waals surface area contributed by atoms with Crippen molar-refractivity contribution in [1.82, 2.24) is 0 Å². The number of nitriles is 1. The highest BCUT2D eigenvalue weighted by molar-refractivity contribution is 9.10. The maximum Gasteiger partial charge on any atom is 0.435 e. The van der Waals surface area contributed by atoms with Gasteiger partial charge in [0.05, 0.1) is 22.0 Å². The number of nitrogens with one attached hydrogen (secondary N) is 1. The van der Waals surface area contributed by atoms with E-state index in [1.165, 1.54) is 12.1 Å². The van der Waals surface area contributed by atoms with E-state index in [1.54, 1.807) is 6.07 Å². The summed E-state index contributed by atoms with van der Waals surface area (Å²) in [4.78, 5) is 12.3. The number of carbonyl (C=O) groups excluding carboxylic acids is 1. The third-order valence-corrected chi connectivity index (χ3v) is 4.82. The summed E-state index contributed by atoms with van der Waals surface area (Å²) < 4.78 is 91.2. The summed E-state index contributed by atoms with van der Waals surface area (Å²) in [7, 11) is 0. The number of hydrogen-bond donors (Lipinski definition) is 2. The van der Waals surface area contributed by atoms with E-state index in [0.717, 1.165) is 6.07 Å². The standard InChI is InChI=1S/C17H8BrClF7N3O/c18-10-4-9(15(20,16(21,22)23)17(24,25)26)5-11(19)13(10)29-14(30)7-1-2-8(6-27)12(28)3-7/h1-5H,28H2,(H,29,30). The van der Waals surface area contributed by atoms with Crippen LogP contribution in [0.4, 0.5) is 42.1 Å². The highest BCUT2D eigenvalue weighted by Crippen LogP contribution is 2.54. The number of carbonyl (C=O) groups is 1. The first-order valence-electron chi connectivity index (χ1n) is 7.56. The molecule has 0 aliphatic rings. The molecule has 2 aromatic carbocycles. The second-order valence-corrected chi connectivity index (χ2v) is 7.10. The summed E-state index contributed by atoms with van der Waals surface area (Å²) in [6, 6.07) is 5.68. The summed E-state index contributed by atoms with van der Waals surface area (Å²) in [5, 5.41) is 10.2. The molecule has 0 saturated carbocycles. The van der Waals surface area contributed by atoms with E-state index in [1.807, 2.05) is 0 Å². The molecule has 0 spiro atoms. The Morgan fingerprint density at radius 2 is 1.63 bits per heavy atom. The molecule has 0 atom stereocenters. The quantitative estimate of drug-likeness (QED) is 0.381. The summed E-state index contributed by atoms with van der Waals surface area (Å²) in [5.41, 5.74) is -2.37. The molecule has 160 valence electrons. The predicted molar refractivity (Wildman–Crippen MR) is 97.6 cm³/mol. The number of benzene rings is 2. The first-order valence-corrected chi connectivity index (χ1v) is 8.73. The van der Waals surface area contributed by atoms with Crippen molar-refractivity contribution >= 4 is 44.8 Å². The van der Waals surface area contributed by atoms with Crippen LogP contribution in [0.5, 0.6) is 0 Å². The van der Waals surface area contributed by atoms with Gasteiger partial charge in [0.2, 0.25) is 0 Å². The molecular formula is C17H8BrClF7N3O. The Morgan fingerprint density at radius 1 is 1.07 bits per heavy atom. The van der Waals surface area contributed by atoms with Crippen LogP contribution in [-0.4, -0.2) is 18.3 Å². The highest BCUT2D eigenvalue weighted by Gasteiger charge is 2.73. The third kappa shape index (κ3) is 4.17. The van der Waals surface area contributed by atoms with Crippen molar-refractivity contribution in [3.05, 3.63) is 56.5 Å². The predicted octanol–water partition coefficient (Wildman–Crippen LogP) is 6.10. The average Bonchev–Trinajstić information content (AvgIpc) is 2.61. The zero-order valence-corrected chi connectivity index (χ0v) is 16.6. The van der Waals surface area contributed by atoms with Crippen molar-refractivity contribution in [2.45, 2.75) is 18.0 Å². The van der Waals surface area contributed by atoms with Gasteiger partial charge in [0.25, 0.3) is 5.91 Å². The van der Waals surface area contributed by atoms with E-state index in [-0.39, 0.29) is 28.9 Å². The molecule has 0 unspecified atom stereocenters. The van der Waals surface area contributed by atoms with E-state index < -0.39 is 44.7 Å². The van der Waals surface area contributed by atoms with Crippen LogP contribution < -0.4 is 11.1 Å². The number of amides is 1. The minimum atomic E-state index is -6.32. The third-order valence-electron chi connectivity index (χ3n) is 3.89. The zero-order valence-electron chi connectivity index (χ0n) is 14.2. The van der Waals surface area contributed by atoms with Gasteiger partial charge in [0, 0.05) is 15.6 Å². The molecule has 0 saturated heterocycles. The topological polar surface area (TPSA) is 78.9 Å². The van der Waals surface area contributed by atoms with Crippen molar-refractivity contribution in [3.8, 4) is 6.07 Å². The van der Waals surface area contributed by atoms with Gasteiger partial charge in [-0.05, 0) is 46.3 Å². The molecular weight excluding hydrogens is 511 g/mol. The molecule has 0 heterocycles. The Hall–Kier alpha value is -2.52. The van der Waals surface area contributed by atoms with Crippen LogP contribution in [0.15, 0.2) is 34.8 Å². The number of anilines is 2. The van der Waals surface area contributed by atoms with Crippen LogP contribution in [0, 0.1) is 11.3 Å². The normalized spacial score (nSPS) is 12.4. The van der Waals surface area contributed by atoms with Crippen LogP contribution >= 0.6 is 27.5 Å². The maximum absolute atomic E-state index is 14.2. The molecule has 2 aromatic rings. The van der Waals surface area contributed by atoms with Gasteiger partial charge in [-0.3, -0.25) is 4.79 Å². The number of nitrogens with two attached hydrogens (primary N) is 1. The number of hydrogen-bond acceptors (Lipinski definition) is 3. The number of alkyl halides is 7. The van der Waals surface area contributed by atoms with Gasteiger partial charge in [-0.2, -0.15) is 31.6 Å². The summed E-state index contributed by atoms with van der Waals surface area (Å²) >= 11 is 8.43. The van der Waals surface area contributed by atoms with Gasteiger partial charge in [0.15, 0.2) is 0 Å². The summed E-state index contributed by atoms with van der Waals surface area (Å²) in [5.74, 6) is -0.889. The first kappa shape index (κ1) is 23.8. The SMILES string of the molecule is N#Cc1ccc(C(=O)Nc2c(Cl)cc(C(F)(C(F)(F)F)C(F)(F)F)cc2Br)cc1N. The fourth-order valence-electron chi connectivity index (χ4n) is 2.37. The molecule has 2 rings (SSSR count). The van der Waals surface area contributed by atoms with Gasteiger partial charge in [0.1, 0.15) is 6.07 Å². The molecule has 0 fully saturated rings. The van der Waals surface area contributed by atoms with E-state index >= 15 is 0 Å². The lowest BCUT2D eigenvalue weighted by Crippen LogP contribution is -2.50. The van der Waals surface area contributed by atoms with E-state index in [0.29, 0.717) is 0 Å². The van der Waals surface area contributed by atoms with Crippen molar-refractivity contribution in [2.75, 3.05) is 11.1 Å². The van der Waals surface area contributed by atoms with Crippen LogP contribution in [0.3, 0.4) is 0 Å². The van der Waals surface area contributed by atoms with Crippen molar-refractivity contribution in [1.29, 1.82) is 5.26 Å². The summed E-state index contributed by atoms with van der Waals surface area (Å²) in [6.07, 6.45) is -12.6. The smallest absolute Gasteiger partial charge is 0.398 e. The molecule has 0 radical (unpaired) electrons. The summed E-state index contributed by atoms with van der Waals surface area (Å²) in [6.45, 7) is 0. The Labute approximate surface area is 177 Å². The van der Waals surface area contributed by atoms with Crippen LogP contribution in [-0.2, 0) is 5.67 Å². The largest absolute Gasteiger partial charge is 0.435 e. The molecule has 3 N–H and O–H groups in total. The van der Waals surface area contributed by atoms with Crippen LogP contribution in [0.25, 0.3) is 0 Å². The maximum atomic E-state index is 14.2.